The molecule has 2 aromatic carbocycles. The van der Waals surface area contributed by atoms with Crippen LogP contribution in [0.5, 0.6) is 0 Å². The maximum Gasteiger partial charge on any atom is 0.494 e. The molecular weight excluding hydrogens is 865 g/mol. The van der Waals surface area contributed by atoms with Gasteiger partial charge in [-0.2, -0.15) is 0 Å². The topological polar surface area (TPSA) is 119 Å². The smallest absolute Gasteiger partial charge is 0.481 e. The summed E-state index contributed by atoms with van der Waals surface area (Å²) in [6.07, 6.45) is 3.53. The SMILES string of the molecule is Brc1ccnc(-c2ccccc2)c1.Brc1ccnc(Br)c1.CC(=O)O.CC(=O)O.CC1(C)OB(c2ccccc2)OC1(C)C.[Pd]. The summed E-state index contributed by atoms with van der Waals surface area (Å²) in [4.78, 5) is 26.2. The van der Waals surface area contributed by atoms with Gasteiger partial charge in [-0.1, -0.05) is 92.5 Å². The van der Waals surface area contributed by atoms with Crippen LogP contribution in [0.4, 0.5) is 0 Å². The Labute approximate surface area is 304 Å². The summed E-state index contributed by atoms with van der Waals surface area (Å²) in [6, 6.07) is 27.9. The van der Waals surface area contributed by atoms with E-state index in [-0.39, 0.29) is 38.7 Å². The predicted molar refractivity (Wildman–Crippen MR) is 186 cm³/mol. The van der Waals surface area contributed by atoms with E-state index in [1.54, 1.807) is 12.4 Å². The third-order valence-electron chi connectivity index (χ3n) is 5.81. The number of rotatable bonds is 2. The number of carbonyl (C=O) groups is 2. The van der Waals surface area contributed by atoms with Crippen molar-refractivity contribution in [3.8, 4) is 11.3 Å². The Hall–Kier alpha value is -2.23. The maximum absolute atomic E-state index is 9.00. The molecule has 4 aromatic rings. The van der Waals surface area contributed by atoms with E-state index in [4.69, 9.17) is 29.1 Å². The van der Waals surface area contributed by atoms with Crippen LogP contribution in [0.2, 0.25) is 0 Å². The van der Waals surface area contributed by atoms with Crippen molar-refractivity contribution in [2.24, 2.45) is 0 Å². The van der Waals surface area contributed by atoms with Crippen LogP contribution < -0.4 is 5.46 Å². The van der Waals surface area contributed by atoms with Crippen molar-refractivity contribution in [3.63, 3.8) is 0 Å². The van der Waals surface area contributed by atoms with E-state index < -0.39 is 11.9 Å². The first-order chi connectivity index (χ1) is 20.5. The summed E-state index contributed by atoms with van der Waals surface area (Å²) < 4.78 is 14.8. The van der Waals surface area contributed by atoms with Crippen molar-refractivity contribution in [2.45, 2.75) is 52.7 Å². The Morgan fingerprint density at radius 3 is 1.47 bits per heavy atom. The molecule has 244 valence electrons. The second-order valence-corrected chi connectivity index (χ2v) is 12.7. The molecule has 0 radical (unpaired) electrons. The normalized spacial score (nSPS) is 13.3. The van der Waals surface area contributed by atoms with Gasteiger partial charge in [0, 0.05) is 61.2 Å². The molecule has 1 aliphatic heterocycles. The van der Waals surface area contributed by atoms with E-state index in [9.17, 15) is 0 Å². The van der Waals surface area contributed by atoms with Crippen LogP contribution in [0.25, 0.3) is 11.3 Å². The fourth-order valence-electron chi connectivity index (χ4n) is 3.14. The molecule has 2 N–H and O–H groups in total. The Bertz CT molecular complexity index is 1400. The average molecular weight is 902 g/mol. The second-order valence-electron chi connectivity index (χ2n) is 10.1. The van der Waals surface area contributed by atoms with Crippen molar-refractivity contribution in [1.29, 1.82) is 0 Å². The number of nitrogens with zero attached hydrogens (tertiary/aromatic N) is 2. The molecule has 0 spiro atoms. The average Bonchev–Trinajstić information content (AvgIpc) is 3.16. The van der Waals surface area contributed by atoms with Gasteiger partial charge in [-0.25, -0.2) is 4.98 Å². The van der Waals surface area contributed by atoms with E-state index >= 15 is 0 Å². The fraction of sp³-hybridized carbons (Fsp3) is 0.250. The predicted octanol–water partition coefficient (Wildman–Crippen LogP) is 8.28. The van der Waals surface area contributed by atoms with Gasteiger partial charge in [0.05, 0.1) is 16.9 Å². The van der Waals surface area contributed by atoms with Gasteiger partial charge in [0.1, 0.15) is 4.60 Å². The number of hydrogen-bond acceptors (Lipinski definition) is 6. The number of benzene rings is 2. The van der Waals surface area contributed by atoms with Crippen LogP contribution in [-0.2, 0) is 39.3 Å². The molecular formula is C32H36BBr3N2O6Pd. The first-order valence-electron chi connectivity index (χ1n) is 13.3. The summed E-state index contributed by atoms with van der Waals surface area (Å²) in [6.45, 7) is 10.4. The first kappa shape index (κ1) is 42.8. The third kappa shape index (κ3) is 17.9. The van der Waals surface area contributed by atoms with Gasteiger partial charge in [-0.3, -0.25) is 14.6 Å². The van der Waals surface area contributed by atoms with Gasteiger partial charge in [0.15, 0.2) is 0 Å². The van der Waals surface area contributed by atoms with Crippen LogP contribution in [0.3, 0.4) is 0 Å². The van der Waals surface area contributed by atoms with Crippen molar-refractivity contribution >= 4 is 72.3 Å². The molecule has 1 fully saturated rings. The van der Waals surface area contributed by atoms with E-state index in [1.807, 2.05) is 72.8 Å². The Kier molecular flexibility index (Phi) is 20.5. The van der Waals surface area contributed by atoms with Gasteiger partial charge in [0.2, 0.25) is 0 Å². The van der Waals surface area contributed by atoms with E-state index in [2.05, 4.69) is 97.6 Å². The monoisotopic (exact) mass is 898 g/mol. The van der Waals surface area contributed by atoms with Crippen LogP contribution in [0.15, 0.2) is 111 Å². The summed E-state index contributed by atoms with van der Waals surface area (Å²) in [7, 11) is -0.240. The van der Waals surface area contributed by atoms with Gasteiger partial charge >= 0.3 is 7.12 Å². The van der Waals surface area contributed by atoms with Crippen molar-refractivity contribution < 1.29 is 49.5 Å². The maximum atomic E-state index is 9.00. The molecule has 0 atom stereocenters. The van der Waals surface area contributed by atoms with Crippen LogP contribution in [0.1, 0.15) is 41.5 Å². The van der Waals surface area contributed by atoms with Gasteiger partial charge in [-0.15, -0.1) is 0 Å². The third-order valence-corrected chi connectivity index (χ3v) is 7.23. The fourth-order valence-corrected chi connectivity index (χ4v) is 4.48. The Balaban J connectivity index is 0.000000587. The van der Waals surface area contributed by atoms with Crippen LogP contribution in [0, 0.1) is 0 Å². The van der Waals surface area contributed by atoms with E-state index in [0.29, 0.717) is 0 Å². The zero-order valence-electron chi connectivity index (χ0n) is 25.7. The zero-order valence-corrected chi connectivity index (χ0v) is 32.0. The molecule has 1 saturated heterocycles. The molecule has 3 heterocycles. The van der Waals surface area contributed by atoms with Crippen molar-refractivity contribution in [3.05, 3.63) is 111 Å². The molecule has 2 aromatic heterocycles. The molecule has 0 saturated carbocycles. The number of carboxylic acids is 2. The summed E-state index contributed by atoms with van der Waals surface area (Å²) in [5.41, 5.74) is 2.70. The quantitative estimate of drug-likeness (QED) is 0.153. The molecule has 1 aliphatic rings. The van der Waals surface area contributed by atoms with Crippen LogP contribution >= 0.6 is 47.8 Å². The minimum Gasteiger partial charge on any atom is -0.481 e. The van der Waals surface area contributed by atoms with Gasteiger partial charge < -0.3 is 19.5 Å². The summed E-state index contributed by atoms with van der Waals surface area (Å²) in [5, 5.41) is 14.8. The molecule has 45 heavy (non-hydrogen) atoms. The van der Waals surface area contributed by atoms with Crippen molar-refractivity contribution in [2.75, 3.05) is 0 Å². The molecule has 13 heteroatoms. The number of pyridine rings is 2. The van der Waals surface area contributed by atoms with Crippen LogP contribution in [-0.4, -0.2) is 50.4 Å². The standard InChI is InChI=1S/C12H17BO2.C11H8BrN.C5H3Br2N.2C2H4O2.Pd/c1-11(2)12(3,4)15-13(14-11)10-8-6-5-7-9-10;12-10-6-7-13-11(8-10)9-4-2-1-3-5-9;6-4-1-2-8-5(7)3-4;2*1-2(3)4;/h5-9H,1-4H3;1-8H;1-3H;2*1H3,(H,3,4);. The Morgan fingerprint density at radius 2 is 1.09 bits per heavy atom. The molecule has 0 bridgehead atoms. The number of aromatic nitrogens is 2. The second kappa shape index (κ2) is 21.5. The van der Waals surface area contributed by atoms with Crippen molar-refractivity contribution in [1.82, 2.24) is 9.97 Å². The number of halogens is 3. The minimum atomic E-state index is -0.833. The number of carboxylic acid groups (broad SMARTS) is 2. The molecule has 0 aliphatic carbocycles. The zero-order chi connectivity index (χ0) is 33.3. The van der Waals surface area contributed by atoms with E-state index in [1.165, 1.54) is 0 Å². The molecule has 0 amide bonds. The summed E-state index contributed by atoms with van der Waals surface area (Å²) >= 11 is 9.93. The minimum absolute atomic E-state index is 0. The van der Waals surface area contributed by atoms with Gasteiger partial charge in [-0.05, 0) is 73.4 Å². The molecule has 8 nitrogen and oxygen atoms in total. The van der Waals surface area contributed by atoms with Gasteiger partial charge in [0.25, 0.3) is 11.9 Å². The number of hydrogen-bond donors (Lipinski definition) is 2. The number of aliphatic carboxylic acids is 2. The molecule has 0 unspecified atom stereocenters. The Morgan fingerprint density at radius 1 is 0.689 bits per heavy atom. The molecule has 5 rings (SSSR count). The largest absolute Gasteiger partial charge is 0.494 e. The van der Waals surface area contributed by atoms with E-state index in [0.717, 1.165) is 44.1 Å². The summed E-state index contributed by atoms with van der Waals surface area (Å²) in [5.74, 6) is -1.67. The first-order valence-corrected chi connectivity index (χ1v) is 15.7.